The number of nitrogens with one attached hydrogen (secondary N) is 1. The monoisotopic (exact) mass is 356 g/mol. The molecular formula is C13H14BrClN4O. The fourth-order valence-electron chi connectivity index (χ4n) is 1.48. The Bertz CT molecular complexity index is 609. The van der Waals surface area contributed by atoms with Gasteiger partial charge in [0.15, 0.2) is 0 Å². The molecule has 0 aliphatic heterocycles. The third-order valence-corrected chi connectivity index (χ3v) is 3.13. The Morgan fingerprint density at radius 1 is 1.30 bits per heavy atom. The van der Waals surface area contributed by atoms with Crippen molar-refractivity contribution >= 4 is 33.5 Å². The van der Waals surface area contributed by atoms with Crippen molar-refractivity contribution in [1.82, 2.24) is 15.0 Å². The average Bonchev–Trinajstić information content (AvgIpc) is 2.40. The van der Waals surface area contributed by atoms with Crippen LogP contribution in [0.1, 0.15) is 18.9 Å². The van der Waals surface area contributed by atoms with E-state index < -0.39 is 0 Å². The van der Waals surface area contributed by atoms with Crippen LogP contribution in [0.3, 0.4) is 0 Å². The van der Waals surface area contributed by atoms with Crippen LogP contribution in [0.5, 0.6) is 11.8 Å². The van der Waals surface area contributed by atoms with Crippen molar-refractivity contribution in [3.05, 3.63) is 33.5 Å². The largest absolute Gasteiger partial charge is 0.424 e. The molecule has 0 saturated heterocycles. The summed E-state index contributed by atoms with van der Waals surface area (Å²) in [6.45, 7) is 4.76. The highest BCUT2D eigenvalue weighted by molar-refractivity contribution is 9.10. The molecule has 0 aliphatic rings. The molecule has 0 atom stereocenters. The summed E-state index contributed by atoms with van der Waals surface area (Å²) < 4.78 is 6.59. The highest BCUT2D eigenvalue weighted by Crippen LogP contribution is 2.27. The minimum absolute atomic E-state index is 0.0984. The van der Waals surface area contributed by atoms with Gasteiger partial charge in [-0.15, -0.1) is 0 Å². The quantitative estimate of drug-likeness (QED) is 0.868. The number of nitrogens with zero attached hydrogens (tertiary/aromatic N) is 3. The Labute approximate surface area is 130 Å². The number of hydrogen-bond donors (Lipinski definition) is 1. The van der Waals surface area contributed by atoms with Gasteiger partial charge in [0.2, 0.25) is 11.2 Å². The molecule has 1 aromatic carbocycles. The van der Waals surface area contributed by atoms with E-state index in [-0.39, 0.29) is 11.3 Å². The van der Waals surface area contributed by atoms with E-state index in [1.807, 2.05) is 25.1 Å². The number of benzene rings is 1. The van der Waals surface area contributed by atoms with E-state index >= 15 is 0 Å². The molecule has 2 rings (SSSR count). The van der Waals surface area contributed by atoms with Gasteiger partial charge in [-0.1, -0.05) is 28.9 Å². The van der Waals surface area contributed by atoms with Gasteiger partial charge in [-0.3, -0.25) is 0 Å². The van der Waals surface area contributed by atoms with E-state index in [1.54, 1.807) is 0 Å². The predicted molar refractivity (Wildman–Crippen MR) is 82.6 cm³/mol. The van der Waals surface area contributed by atoms with Crippen molar-refractivity contribution in [1.29, 1.82) is 0 Å². The Morgan fingerprint density at radius 2 is 2.10 bits per heavy atom. The second-order valence-corrected chi connectivity index (χ2v) is 5.40. The molecule has 1 heterocycles. The number of hydrogen-bond acceptors (Lipinski definition) is 5. The summed E-state index contributed by atoms with van der Waals surface area (Å²) in [4.78, 5) is 12.2. The maximum Gasteiger partial charge on any atom is 0.328 e. The van der Waals surface area contributed by atoms with Gasteiger partial charge in [0.25, 0.3) is 0 Å². The topological polar surface area (TPSA) is 59.9 Å². The van der Waals surface area contributed by atoms with Gasteiger partial charge in [-0.05, 0) is 42.6 Å². The SMILES string of the molecule is CCCNc1nc(Cl)nc(Oc2cc(Br)ccc2C)n1. The Morgan fingerprint density at radius 3 is 2.85 bits per heavy atom. The van der Waals surface area contributed by atoms with E-state index in [1.165, 1.54) is 0 Å². The smallest absolute Gasteiger partial charge is 0.328 e. The van der Waals surface area contributed by atoms with Crippen LogP contribution in [-0.4, -0.2) is 21.5 Å². The van der Waals surface area contributed by atoms with Gasteiger partial charge in [-0.25, -0.2) is 0 Å². The molecule has 7 heteroatoms. The molecule has 20 heavy (non-hydrogen) atoms. The fourth-order valence-corrected chi connectivity index (χ4v) is 1.97. The molecule has 0 spiro atoms. The van der Waals surface area contributed by atoms with Gasteiger partial charge in [-0.2, -0.15) is 15.0 Å². The minimum atomic E-state index is 0.0984. The fraction of sp³-hybridized carbons (Fsp3) is 0.308. The third kappa shape index (κ3) is 4.05. The molecule has 1 N–H and O–H groups in total. The molecular weight excluding hydrogens is 344 g/mol. The first kappa shape index (κ1) is 15.0. The summed E-state index contributed by atoms with van der Waals surface area (Å²) in [7, 11) is 0. The lowest BCUT2D eigenvalue weighted by Gasteiger charge is -2.09. The zero-order valence-corrected chi connectivity index (χ0v) is 13.5. The summed E-state index contributed by atoms with van der Waals surface area (Å²) >= 11 is 9.28. The van der Waals surface area contributed by atoms with Gasteiger partial charge in [0.1, 0.15) is 5.75 Å². The van der Waals surface area contributed by atoms with Gasteiger partial charge in [0, 0.05) is 11.0 Å². The van der Waals surface area contributed by atoms with E-state index in [9.17, 15) is 0 Å². The normalized spacial score (nSPS) is 10.4. The van der Waals surface area contributed by atoms with E-state index in [4.69, 9.17) is 16.3 Å². The predicted octanol–water partition coefficient (Wildman–Crippen LogP) is 4.21. The van der Waals surface area contributed by atoms with Gasteiger partial charge < -0.3 is 10.1 Å². The zero-order chi connectivity index (χ0) is 14.5. The molecule has 0 amide bonds. The maximum atomic E-state index is 5.87. The second kappa shape index (κ2) is 6.85. The summed E-state index contributed by atoms with van der Waals surface area (Å²) in [6, 6.07) is 5.91. The molecule has 0 saturated carbocycles. The lowest BCUT2D eigenvalue weighted by atomic mass is 10.2. The van der Waals surface area contributed by atoms with E-state index in [0.29, 0.717) is 11.7 Å². The first-order chi connectivity index (χ1) is 9.58. The van der Waals surface area contributed by atoms with Crippen LogP contribution >= 0.6 is 27.5 Å². The number of aromatic nitrogens is 3. The number of aryl methyl sites for hydroxylation is 1. The summed E-state index contributed by atoms with van der Waals surface area (Å²) in [5.41, 5.74) is 0.979. The molecule has 0 fully saturated rings. The Kier molecular flexibility index (Phi) is 5.14. The van der Waals surface area contributed by atoms with Crippen molar-refractivity contribution < 1.29 is 4.74 Å². The van der Waals surface area contributed by atoms with Crippen LogP contribution in [0.15, 0.2) is 22.7 Å². The van der Waals surface area contributed by atoms with Crippen LogP contribution in [0.4, 0.5) is 5.95 Å². The van der Waals surface area contributed by atoms with Crippen LogP contribution in [0.25, 0.3) is 0 Å². The molecule has 1 aromatic heterocycles. The van der Waals surface area contributed by atoms with Crippen LogP contribution < -0.4 is 10.1 Å². The first-order valence-corrected chi connectivity index (χ1v) is 7.35. The van der Waals surface area contributed by atoms with Crippen molar-refractivity contribution in [2.45, 2.75) is 20.3 Å². The molecule has 0 aliphatic carbocycles. The van der Waals surface area contributed by atoms with E-state index in [2.05, 4.69) is 43.1 Å². The Hall–Kier alpha value is -1.40. The molecule has 0 bridgehead atoms. The first-order valence-electron chi connectivity index (χ1n) is 6.18. The van der Waals surface area contributed by atoms with Crippen LogP contribution in [0.2, 0.25) is 5.28 Å². The van der Waals surface area contributed by atoms with Crippen LogP contribution in [-0.2, 0) is 0 Å². The van der Waals surface area contributed by atoms with Gasteiger partial charge in [0.05, 0.1) is 0 Å². The summed E-state index contributed by atoms with van der Waals surface area (Å²) in [5.74, 6) is 1.08. The summed E-state index contributed by atoms with van der Waals surface area (Å²) in [5, 5.41) is 3.15. The lowest BCUT2D eigenvalue weighted by Crippen LogP contribution is -2.06. The maximum absolute atomic E-state index is 5.87. The third-order valence-electron chi connectivity index (χ3n) is 2.47. The summed E-state index contributed by atoms with van der Waals surface area (Å²) in [6.07, 6.45) is 0.963. The number of rotatable bonds is 5. The second-order valence-electron chi connectivity index (χ2n) is 4.15. The van der Waals surface area contributed by atoms with Crippen molar-refractivity contribution in [2.75, 3.05) is 11.9 Å². The standard InChI is InChI=1S/C13H14BrClN4O/c1-3-6-16-12-17-11(15)18-13(19-12)20-10-7-9(14)5-4-8(10)2/h4-5,7H,3,6H2,1-2H3,(H,16,17,18,19). The average molecular weight is 358 g/mol. The molecule has 106 valence electrons. The number of ether oxygens (including phenoxy) is 1. The number of halogens is 2. The minimum Gasteiger partial charge on any atom is -0.424 e. The van der Waals surface area contributed by atoms with Crippen molar-refractivity contribution in [3.8, 4) is 11.8 Å². The van der Waals surface area contributed by atoms with Crippen molar-refractivity contribution in [3.63, 3.8) is 0 Å². The van der Waals surface area contributed by atoms with Crippen molar-refractivity contribution in [2.24, 2.45) is 0 Å². The van der Waals surface area contributed by atoms with E-state index in [0.717, 1.165) is 23.0 Å². The Balaban J connectivity index is 2.24. The highest BCUT2D eigenvalue weighted by atomic mass is 79.9. The highest BCUT2D eigenvalue weighted by Gasteiger charge is 2.09. The molecule has 0 radical (unpaired) electrons. The molecule has 2 aromatic rings. The zero-order valence-electron chi connectivity index (χ0n) is 11.2. The lowest BCUT2D eigenvalue weighted by molar-refractivity contribution is 0.437. The number of anilines is 1. The van der Waals surface area contributed by atoms with Gasteiger partial charge >= 0.3 is 6.01 Å². The molecule has 5 nitrogen and oxygen atoms in total. The van der Waals surface area contributed by atoms with Crippen LogP contribution in [0, 0.1) is 6.92 Å². The molecule has 0 unspecified atom stereocenters.